The highest BCUT2D eigenvalue weighted by molar-refractivity contribution is 5.72. The fourth-order valence-electron chi connectivity index (χ4n) is 8.12. The molecule has 59 heavy (non-hydrogen) atoms. The summed E-state index contributed by atoms with van der Waals surface area (Å²) in [5, 5.41) is 34.7. The topological polar surface area (TPSA) is 206 Å². The van der Waals surface area contributed by atoms with Gasteiger partial charge in [-0.25, -0.2) is 0 Å². The number of nitrogens with zero attached hydrogens (tertiary/aromatic N) is 1. The molecule has 0 bridgehead atoms. The minimum absolute atomic E-state index is 0.00123. The Kier molecular flexibility index (Phi) is 20.1. The standard InChI is InChI=1S/C43H71NO15/c1-12-32(47)56-31-22-34(49)53-26(5)16-14-13-15-17-30(46)25(4)21-29(18-19-45)39(40(31)52-11)59-42-37(50)36(44(9)10)38(27(6)55-42)58-35-23-43(8,51)41(28(7)54-35)57-33(48)20-24(2)3/h13-15,17,19,24-31,35-42,46,50-51H,12,16,18,20-23H2,1-11H3/t25-,26-,27?,28?,29+,30+,31-,35+,36+,37?,38-,39+,40+,41+,42+,43+/m1/s1. The zero-order chi connectivity index (χ0) is 44.2. The molecule has 3 unspecified atom stereocenters. The van der Waals surface area contributed by atoms with Crippen molar-refractivity contribution in [3.63, 3.8) is 0 Å². The quantitative estimate of drug-likeness (QED) is 0.138. The predicted octanol–water partition coefficient (Wildman–Crippen LogP) is 3.40. The molecule has 2 saturated heterocycles. The Labute approximate surface area is 349 Å². The lowest BCUT2D eigenvalue weighted by Gasteiger charge is -2.50. The summed E-state index contributed by atoms with van der Waals surface area (Å²) < 4.78 is 48.9. The number of rotatable bonds is 13. The molecule has 0 saturated carbocycles. The molecule has 3 N–H and O–H groups in total. The summed E-state index contributed by atoms with van der Waals surface area (Å²) in [7, 11) is 4.87. The van der Waals surface area contributed by atoms with Crippen LogP contribution in [0.4, 0.5) is 0 Å². The molecule has 3 rings (SSSR count). The lowest BCUT2D eigenvalue weighted by Crippen LogP contribution is -2.66. The van der Waals surface area contributed by atoms with Crippen LogP contribution in [0.1, 0.15) is 100 Å². The second-order valence-electron chi connectivity index (χ2n) is 17.2. The van der Waals surface area contributed by atoms with Crippen molar-refractivity contribution in [2.24, 2.45) is 17.8 Å². The van der Waals surface area contributed by atoms with E-state index in [1.54, 1.807) is 71.8 Å². The Morgan fingerprint density at radius 2 is 1.69 bits per heavy atom. The van der Waals surface area contributed by atoms with E-state index in [1.807, 2.05) is 26.8 Å². The van der Waals surface area contributed by atoms with Crippen LogP contribution in [0.25, 0.3) is 0 Å². The first kappa shape index (κ1) is 50.6. The number of hydrogen-bond acceptors (Lipinski definition) is 16. The first-order valence-electron chi connectivity index (χ1n) is 21.0. The molecule has 3 heterocycles. The van der Waals surface area contributed by atoms with Crippen LogP contribution < -0.4 is 0 Å². The maximum Gasteiger partial charge on any atom is 0.309 e. The van der Waals surface area contributed by atoms with E-state index in [0.29, 0.717) is 6.42 Å². The molecule has 0 amide bonds. The second kappa shape index (κ2) is 23.4. The molecule has 3 aliphatic heterocycles. The number of carbonyl (C=O) groups excluding carboxylic acids is 4. The number of carbonyl (C=O) groups is 4. The summed E-state index contributed by atoms with van der Waals surface area (Å²) in [6.07, 6.45) is -4.07. The predicted molar refractivity (Wildman–Crippen MR) is 214 cm³/mol. The molecule has 0 aromatic carbocycles. The van der Waals surface area contributed by atoms with Crippen molar-refractivity contribution in [2.45, 2.75) is 186 Å². The number of aliphatic hydroxyl groups is 3. The number of ether oxygens (including phenoxy) is 8. The Bertz CT molecular complexity index is 1400. The van der Waals surface area contributed by atoms with Crippen LogP contribution in [-0.2, 0) is 57.1 Å². The van der Waals surface area contributed by atoms with E-state index < -0.39 is 121 Å². The third-order valence-electron chi connectivity index (χ3n) is 11.2. The summed E-state index contributed by atoms with van der Waals surface area (Å²) in [6, 6.07) is -0.782. The molecule has 338 valence electrons. The fourth-order valence-corrected chi connectivity index (χ4v) is 8.12. The van der Waals surface area contributed by atoms with Crippen LogP contribution in [0.15, 0.2) is 24.3 Å². The van der Waals surface area contributed by atoms with Crippen LogP contribution in [0.2, 0.25) is 0 Å². The van der Waals surface area contributed by atoms with E-state index in [1.165, 1.54) is 7.11 Å². The molecule has 0 spiro atoms. The molecule has 0 aliphatic carbocycles. The van der Waals surface area contributed by atoms with Crippen molar-refractivity contribution in [2.75, 3.05) is 21.2 Å². The molecule has 0 aromatic heterocycles. The number of aliphatic hydroxyl groups excluding tert-OH is 2. The summed E-state index contributed by atoms with van der Waals surface area (Å²) in [4.78, 5) is 52.8. The Morgan fingerprint density at radius 1 is 1.00 bits per heavy atom. The van der Waals surface area contributed by atoms with Crippen LogP contribution in [0.5, 0.6) is 0 Å². The molecule has 16 nitrogen and oxygen atoms in total. The highest BCUT2D eigenvalue weighted by atomic mass is 16.7. The number of allylic oxidation sites excluding steroid dienone is 2. The third-order valence-corrected chi connectivity index (χ3v) is 11.2. The van der Waals surface area contributed by atoms with Gasteiger partial charge in [0.05, 0.1) is 36.9 Å². The Balaban J connectivity index is 1.99. The van der Waals surface area contributed by atoms with Crippen LogP contribution in [0, 0.1) is 17.8 Å². The van der Waals surface area contributed by atoms with Gasteiger partial charge in [-0.3, -0.25) is 14.4 Å². The lowest BCUT2D eigenvalue weighted by atomic mass is 9.82. The van der Waals surface area contributed by atoms with E-state index in [9.17, 15) is 34.5 Å². The Hall–Kier alpha value is -2.80. The molecular weight excluding hydrogens is 770 g/mol. The van der Waals surface area contributed by atoms with E-state index in [4.69, 9.17) is 37.9 Å². The molecule has 2 fully saturated rings. The Morgan fingerprint density at radius 3 is 2.29 bits per heavy atom. The number of cyclic esters (lactones) is 1. The number of esters is 3. The fraction of sp³-hybridized carbons (Fsp3) is 0.814. The zero-order valence-electron chi connectivity index (χ0n) is 36.8. The smallest absolute Gasteiger partial charge is 0.309 e. The van der Waals surface area contributed by atoms with Gasteiger partial charge in [-0.1, -0.05) is 52.0 Å². The van der Waals surface area contributed by atoms with Gasteiger partial charge in [0.1, 0.15) is 42.4 Å². The van der Waals surface area contributed by atoms with Crippen molar-refractivity contribution in [1.82, 2.24) is 4.90 Å². The molecule has 0 radical (unpaired) electrons. The average Bonchev–Trinajstić information content (AvgIpc) is 3.13. The maximum absolute atomic E-state index is 13.3. The number of aldehydes is 1. The van der Waals surface area contributed by atoms with Gasteiger partial charge < -0.3 is 62.9 Å². The van der Waals surface area contributed by atoms with Crippen molar-refractivity contribution in [3.05, 3.63) is 24.3 Å². The van der Waals surface area contributed by atoms with E-state index in [0.717, 1.165) is 6.29 Å². The summed E-state index contributed by atoms with van der Waals surface area (Å²) in [5.41, 5.74) is -1.50. The minimum Gasteiger partial charge on any atom is -0.462 e. The van der Waals surface area contributed by atoms with Crippen LogP contribution in [0.3, 0.4) is 0 Å². The summed E-state index contributed by atoms with van der Waals surface area (Å²) >= 11 is 0. The largest absolute Gasteiger partial charge is 0.462 e. The number of likely N-dealkylation sites (N-methyl/N-ethyl adjacent to an activating group) is 1. The first-order valence-corrected chi connectivity index (χ1v) is 21.0. The molecule has 3 aliphatic rings. The van der Waals surface area contributed by atoms with Gasteiger partial charge in [-0.15, -0.1) is 0 Å². The van der Waals surface area contributed by atoms with E-state index in [-0.39, 0.29) is 38.0 Å². The lowest BCUT2D eigenvalue weighted by molar-refractivity contribution is -0.344. The van der Waals surface area contributed by atoms with Gasteiger partial charge in [0, 0.05) is 39.2 Å². The number of methoxy groups -OCH3 is 1. The van der Waals surface area contributed by atoms with Gasteiger partial charge in [-0.2, -0.15) is 0 Å². The van der Waals surface area contributed by atoms with Crippen molar-refractivity contribution >= 4 is 24.2 Å². The summed E-state index contributed by atoms with van der Waals surface area (Å²) in [6.45, 7) is 14.0. The van der Waals surface area contributed by atoms with E-state index >= 15 is 0 Å². The van der Waals surface area contributed by atoms with Gasteiger partial charge in [0.15, 0.2) is 18.7 Å². The van der Waals surface area contributed by atoms with Gasteiger partial charge in [0.2, 0.25) is 0 Å². The zero-order valence-corrected chi connectivity index (χ0v) is 36.8. The molecule has 16 heteroatoms. The maximum atomic E-state index is 13.3. The highest BCUT2D eigenvalue weighted by Crippen LogP contribution is 2.38. The van der Waals surface area contributed by atoms with Crippen molar-refractivity contribution in [1.29, 1.82) is 0 Å². The number of hydrogen-bond donors (Lipinski definition) is 3. The summed E-state index contributed by atoms with van der Waals surface area (Å²) in [5.74, 6) is -2.72. The van der Waals surface area contributed by atoms with Gasteiger partial charge >= 0.3 is 17.9 Å². The first-order chi connectivity index (χ1) is 27.7. The SMILES string of the molecule is CCC(=O)O[C@@H]1CC(=O)O[C@H](C)CC=CC=C[C@H](O)[C@H](C)C[C@H](CC=O)[C@H](O[C@@H]2OC(C)[C@@H](O[C@H]3C[C@](C)(O)[C@@H](OC(=O)CC(C)C)C(C)O3)[C@@H](N(C)C)C2O)[C@H]1OC. The van der Waals surface area contributed by atoms with Gasteiger partial charge in [0.25, 0.3) is 0 Å². The molecule has 0 aromatic rings. The minimum atomic E-state index is -1.50. The van der Waals surface area contributed by atoms with E-state index in [2.05, 4.69) is 0 Å². The second-order valence-corrected chi connectivity index (χ2v) is 17.2. The average molecular weight is 842 g/mol. The normalized spacial score (nSPS) is 39.1. The van der Waals surface area contributed by atoms with Crippen molar-refractivity contribution in [3.8, 4) is 0 Å². The monoisotopic (exact) mass is 841 g/mol. The van der Waals surface area contributed by atoms with Gasteiger partial charge in [-0.05, 0) is 66.0 Å². The third kappa shape index (κ3) is 14.7. The molecular formula is C43H71NO15. The molecule has 16 atom stereocenters. The van der Waals surface area contributed by atoms with Crippen molar-refractivity contribution < 1.29 is 72.4 Å². The highest BCUT2D eigenvalue weighted by Gasteiger charge is 2.53. The van der Waals surface area contributed by atoms with Crippen LogP contribution in [-0.4, -0.2) is 151 Å². The van der Waals surface area contributed by atoms with Crippen LogP contribution >= 0.6 is 0 Å².